The van der Waals surface area contributed by atoms with Crippen LogP contribution in [0.2, 0.25) is 0 Å². The van der Waals surface area contributed by atoms with Crippen LogP contribution in [0.15, 0.2) is 0 Å². The van der Waals surface area contributed by atoms with Crippen molar-refractivity contribution in [3.05, 3.63) is 0 Å². The molecule has 2 fully saturated rings. The molecule has 0 aromatic carbocycles. The predicted molar refractivity (Wildman–Crippen MR) is 81.4 cm³/mol. The second-order valence-corrected chi connectivity index (χ2v) is 8.22. The summed E-state index contributed by atoms with van der Waals surface area (Å²) in [6.07, 6.45) is 9.15. The van der Waals surface area contributed by atoms with E-state index >= 15 is 0 Å². The van der Waals surface area contributed by atoms with Gasteiger partial charge < -0.3 is 10.2 Å². The summed E-state index contributed by atoms with van der Waals surface area (Å²) in [6.45, 7) is 0. The Morgan fingerprint density at radius 3 is 1.44 bits per heavy atom. The van der Waals surface area contributed by atoms with Gasteiger partial charge in [0.2, 0.25) is 0 Å². The zero-order chi connectivity index (χ0) is 12.8. The normalized spacial score (nSPS) is 37.7. The summed E-state index contributed by atoms with van der Waals surface area (Å²) in [4.78, 5) is 0. The van der Waals surface area contributed by atoms with Crippen LogP contribution in [0.5, 0.6) is 0 Å². The number of hydrogen-bond acceptors (Lipinski definition) is 4. The number of aliphatic hydroxyl groups is 2. The van der Waals surface area contributed by atoms with Crippen LogP contribution in [-0.2, 0) is 0 Å². The van der Waals surface area contributed by atoms with Crippen molar-refractivity contribution in [2.45, 2.75) is 74.1 Å². The minimum Gasteiger partial charge on any atom is -0.392 e. The van der Waals surface area contributed by atoms with Gasteiger partial charge in [0.1, 0.15) is 0 Å². The Morgan fingerprint density at radius 1 is 0.667 bits per heavy atom. The predicted octanol–water partition coefficient (Wildman–Crippen LogP) is 3.06. The molecule has 0 radical (unpaired) electrons. The molecule has 0 saturated heterocycles. The van der Waals surface area contributed by atoms with E-state index in [1.165, 1.54) is 38.5 Å². The van der Waals surface area contributed by atoms with Gasteiger partial charge in [0, 0.05) is 22.0 Å². The van der Waals surface area contributed by atoms with Crippen molar-refractivity contribution < 1.29 is 10.2 Å². The zero-order valence-corrected chi connectivity index (χ0v) is 12.7. The van der Waals surface area contributed by atoms with Crippen LogP contribution in [0.3, 0.4) is 0 Å². The fourth-order valence-corrected chi connectivity index (χ4v) is 5.70. The Kier molecular flexibility index (Phi) is 6.70. The van der Waals surface area contributed by atoms with Gasteiger partial charge in [-0.1, -0.05) is 25.7 Å². The molecule has 0 bridgehead atoms. The van der Waals surface area contributed by atoms with E-state index in [1.54, 1.807) is 0 Å². The van der Waals surface area contributed by atoms with Crippen LogP contribution in [-0.4, -0.2) is 44.4 Å². The van der Waals surface area contributed by atoms with Crippen molar-refractivity contribution in [1.29, 1.82) is 0 Å². The van der Waals surface area contributed by atoms with E-state index in [0.29, 0.717) is 10.5 Å². The summed E-state index contributed by atoms with van der Waals surface area (Å²) in [5.41, 5.74) is 0. The van der Waals surface area contributed by atoms with E-state index in [-0.39, 0.29) is 12.2 Å². The lowest BCUT2D eigenvalue weighted by molar-refractivity contribution is 0.136. The standard InChI is InChI=1S/C14H26O2S2/c15-11-5-1-3-7-13(11)17-9-10-18-14-8-4-2-6-12(14)16/h11-16H,1-10H2/t11-,12-,13-,14-/m1/s1. The first-order chi connectivity index (χ1) is 8.77. The second kappa shape index (κ2) is 8.03. The first-order valence-corrected chi connectivity index (χ1v) is 9.46. The number of rotatable bonds is 5. The van der Waals surface area contributed by atoms with Gasteiger partial charge in [-0.15, -0.1) is 0 Å². The van der Waals surface area contributed by atoms with Crippen molar-refractivity contribution >= 4 is 23.5 Å². The second-order valence-electron chi connectivity index (χ2n) is 5.52. The summed E-state index contributed by atoms with van der Waals surface area (Å²) in [5.74, 6) is 2.24. The largest absolute Gasteiger partial charge is 0.392 e. The number of hydrogen-bond donors (Lipinski definition) is 2. The molecule has 18 heavy (non-hydrogen) atoms. The average molecular weight is 290 g/mol. The molecular formula is C14H26O2S2. The smallest absolute Gasteiger partial charge is 0.0658 e. The first kappa shape index (κ1) is 15.0. The van der Waals surface area contributed by atoms with Crippen molar-refractivity contribution in [1.82, 2.24) is 0 Å². The summed E-state index contributed by atoms with van der Waals surface area (Å²) < 4.78 is 0. The zero-order valence-electron chi connectivity index (χ0n) is 11.1. The minimum absolute atomic E-state index is 0.0750. The molecule has 0 aromatic heterocycles. The molecule has 0 aromatic rings. The molecule has 2 nitrogen and oxygen atoms in total. The maximum atomic E-state index is 9.89. The third-order valence-corrected chi connectivity index (χ3v) is 7.18. The minimum atomic E-state index is -0.0750. The SMILES string of the molecule is O[C@@H]1CCCC[C@H]1SCCS[C@@H]1CCCC[C@H]1O. The Labute approximate surface area is 119 Å². The molecule has 2 aliphatic carbocycles. The van der Waals surface area contributed by atoms with E-state index in [0.717, 1.165) is 24.3 Å². The summed E-state index contributed by atoms with van der Waals surface area (Å²) in [7, 11) is 0. The van der Waals surface area contributed by atoms with Gasteiger partial charge in [-0.25, -0.2) is 0 Å². The summed E-state index contributed by atoms with van der Waals surface area (Å²) in [6, 6.07) is 0. The lowest BCUT2D eigenvalue weighted by atomic mass is 9.97. The molecule has 2 aliphatic rings. The Bertz CT molecular complexity index is 214. The quantitative estimate of drug-likeness (QED) is 0.764. The molecule has 0 heterocycles. The van der Waals surface area contributed by atoms with Crippen LogP contribution < -0.4 is 0 Å². The maximum absolute atomic E-state index is 9.89. The third kappa shape index (κ3) is 4.62. The molecule has 0 amide bonds. The third-order valence-electron chi connectivity index (χ3n) is 4.08. The highest BCUT2D eigenvalue weighted by molar-refractivity contribution is 8.03. The maximum Gasteiger partial charge on any atom is 0.0658 e. The Morgan fingerprint density at radius 2 is 1.06 bits per heavy atom. The molecule has 0 unspecified atom stereocenters. The van der Waals surface area contributed by atoms with Gasteiger partial charge in [-0.05, 0) is 25.7 Å². The lowest BCUT2D eigenvalue weighted by Crippen LogP contribution is -2.28. The van der Waals surface area contributed by atoms with Gasteiger partial charge in [0.25, 0.3) is 0 Å². The van der Waals surface area contributed by atoms with Crippen LogP contribution >= 0.6 is 23.5 Å². The first-order valence-electron chi connectivity index (χ1n) is 7.36. The molecule has 4 heteroatoms. The van der Waals surface area contributed by atoms with E-state index in [9.17, 15) is 10.2 Å². The molecule has 106 valence electrons. The van der Waals surface area contributed by atoms with Gasteiger partial charge in [0.15, 0.2) is 0 Å². The fourth-order valence-electron chi connectivity index (χ4n) is 2.94. The van der Waals surface area contributed by atoms with Crippen LogP contribution in [0.25, 0.3) is 0 Å². The van der Waals surface area contributed by atoms with Gasteiger partial charge >= 0.3 is 0 Å². The Hall–Kier alpha value is 0.620. The molecule has 2 saturated carbocycles. The molecule has 0 aliphatic heterocycles. The molecule has 0 spiro atoms. The van der Waals surface area contributed by atoms with Crippen molar-refractivity contribution in [3.8, 4) is 0 Å². The highest BCUT2D eigenvalue weighted by atomic mass is 32.2. The fraction of sp³-hybridized carbons (Fsp3) is 1.00. The highest BCUT2D eigenvalue weighted by Crippen LogP contribution is 2.32. The highest BCUT2D eigenvalue weighted by Gasteiger charge is 2.25. The van der Waals surface area contributed by atoms with Crippen molar-refractivity contribution in [3.63, 3.8) is 0 Å². The van der Waals surface area contributed by atoms with Crippen LogP contribution in [0.4, 0.5) is 0 Å². The summed E-state index contributed by atoms with van der Waals surface area (Å²) in [5, 5.41) is 20.7. The number of aliphatic hydroxyl groups excluding tert-OH is 2. The average Bonchev–Trinajstić information content (AvgIpc) is 2.38. The summed E-state index contributed by atoms with van der Waals surface area (Å²) >= 11 is 3.89. The molecule has 2 rings (SSSR count). The molecule has 2 N–H and O–H groups in total. The van der Waals surface area contributed by atoms with Crippen LogP contribution in [0.1, 0.15) is 51.4 Å². The van der Waals surface area contributed by atoms with E-state index in [2.05, 4.69) is 0 Å². The van der Waals surface area contributed by atoms with Crippen molar-refractivity contribution in [2.75, 3.05) is 11.5 Å². The lowest BCUT2D eigenvalue weighted by Gasteiger charge is -2.28. The van der Waals surface area contributed by atoms with E-state index in [1.807, 2.05) is 23.5 Å². The van der Waals surface area contributed by atoms with Crippen LogP contribution in [0, 0.1) is 0 Å². The van der Waals surface area contributed by atoms with Gasteiger partial charge in [-0.2, -0.15) is 23.5 Å². The molecule has 4 atom stereocenters. The van der Waals surface area contributed by atoms with Gasteiger partial charge in [0.05, 0.1) is 12.2 Å². The number of thioether (sulfide) groups is 2. The monoisotopic (exact) mass is 290 g/mol. The van der Waals surface area contributed by atoms with E-state index in [4.69, 9.17) is 0 Å². The Balaban J connectivity index is 1.57. The molecular weight excluding hydrogens is 264 g/mol. The van der Waals surface area contributed by atoms with E-state index < -0.39 is 0 Å². The topological polar surface area (TPSA) is 40.5 Å². The van der Waals surface area contributed by atoms with Gasteiger partial charge in [-0.3, -0.25) is 0 Å². The van der Waals surface area contributed by atoms with Crippen molar-refractivity contribution in [2.24, 2.45) is 0 Å².